The van der Waals surface area contributed by atoms with Crippen molar-refractivity contribution in [3.63, 3.8) is 0 Å². The molecule has 0 aliphatic heterocycles. The number of rotatable bonds is 36. The van der Waals surface area contributed by atoms with E-state index < -0.39 is 0 Å². The molecule has 44 heavy (non-hydrogen) atoms. The predicted octanol–water partition coefficient (Wildman–Crippen LogP) is 7.68. The van der Waals surface area contributed by atoms with Crippen LogP contribution in [0.3, 0.4) is 0 Å². The molecule has 0 fully saturated rings. The summed E-state index contributed by atoms with van der Waals surface area (Å²) in [7, 11) is 6.20. The predicted molar refractivity (Wildman–Crippen MR) is 191 cm³/mol. The maximum atomic E-state index is 12.9. The number of hydrogen-bond acceptors (Lipinski definition) is 7. The van der Waals surface area contributed by atoms with E-state index in [4.69, 9.17) is 9.47 Å². The van der Waals surface area contributed by atoms with Crippen LogP contribution >= 0.6 is 0 Å². The summed E-state index contributed by atoms with van der Waals surface area (Å²) >= 11 is 0. The molecule has 0 radical (unpaired) electrons. The maximum absolute atomic E-state index is 12.9. The molecule has 0 rings (SSSR count). The summed E-state index contributed by atoms with van der Waals surface area (Å²) in [6.45, 7) is 14.2. The van der Waals surface area contributed by atoms with Crippen molar-refractivity contribution in [2.45, 2.75) is 142 Å². The van der Waals surface area contributed by atoms with Crippen LogP contribution in [0.4, 0.5) is 0 Å². The first-order valence-electron chi connectivity index (χ1n) is 19.0. The van der Waals surface area contributed by atoms with Gasteiger partial charge in [-0.25, -0.2) is 0 Å². The molecule has 0 aromatic heterocycles. The van der Waals surface area contributed by atoms with E-state index in [1.54, 1.807) is 0 Å². The van der Waals surface area contributed by atoms with E-state index in [9.17, 15) is 4.79 Å². The molecule has 2 N–H and O–H groups in total. The monoisotopic (exact) mass is 627 g/mol. The number of nitrogens with one attached hydrogen (secondary N) is 2. The van der Waals surface area contributed by atoms with Crippen LogP contribution in [-0.4, -0.2) is 103 Å². The van der Waals surface area contributed by atoms with Crippen LogP contribution in [0, 0.1) is 5.92 Å². The van der Waals surface area contributed by atoms with Crippen LogP contribution in [0.1, 0.15) is 142 Å². The van der Waals surface area contributed by atoms with Crippen molar-refractivity contribution in [3.05, 3.63) is 0 Å². The molecule has 0 aliphatic carbocycles. The van der Waals surface area contributed by atoms with Gasteiger partial charge in [-0.05, 0) is 79.3 Å². The van der Waals surface area contributed by atoms with E-state index in [0.29, 0.717) is 6.61 Å². The van der Waals surface area contributed by atoms with Crippen LogP contribution in [-0.2, 0) is 14.3 Å². The molecular formula is C37H78N4O3. The number of esters is 1. The third-order valence-corrected chi connectivity index (χ3v) is 8.62. The molecule has 0 heterocycles. The third kappa shape index (κ3) is 31.3. The summed E-state index contributed by atoms with van der Waals surface area (Å²) in [6, 6.07) is 0. The van der Waals surface area contributed by atoms with Gasteiger partial charge in [0, 0.05) is 26.2 Å². The molecule has 0 aromatic carbocycles. The smallest absolute Gasteiger partial charge is 0.308 e. The normalized spacial score (nSPS) is 12.4. The highest BCUT2D eigenvalue weighted by Gasteiger charge is 2.19. The first-order chi connectivity index (χ1) is 21.5. The molecule has 0 amide bonds. The van der Waals surface area contributed by atoms with E-state index in [2.05, 4.69) is 48.4 Å². The van der Waals surface area contributed by atoms with Crippen LogP contribution in [0.25, 0.3) is 0 Å². The number of carbonyl (C=O) groups is 1. The van der Waals surface area contributed by atoms with Gasteiger partial charge >= 0.3 is 5.97 Å². The topological polar surface area (TPSA) is 66.1 Å². The largest absolute Gasteiger partial charge is 0.465 e. The molecular weight excluding hydrogens is 548 g/mol. The summed E-state index contributed by atoms with van der Waals surface area (Å²) in [5.41, 5.74) is 0. The van der Waals surface area contributed by atoms with Crippen molar-refractivity contribution in [2.24, 2.45) is 5.92 Å². The fourth-order valence-electron chi connectivity index (χ4n) is 5.63. The quantitative estimate of drug-likeness (QED) is 0.0546. The Bertz CT molecular complexity index is 579. The molecule has 1 unspecified atom stereocenters. The summed E-state index contributed by atoms with van der Waals surface area (Å²) in [5, 5.41) is 6.82. The standard InChI is InChI=1S/C37H78N4O3/c1-6-8-10-12-13-19-25-36(24-18-11-9-7-2)37(42)44-33-23-17-16-22-30-41(29-21-15-14-20-26-38-3)31-27-39-28-34-43-35-32-40(4)5/h36,38-39H,6-35H2,1-5H3. The molecule has 7 heteroatoms. The second-order valence-electron chi connectivity index (χ2n) is 13.2. The van der Waals surface area contributed by atoms with Crippen molar-refractivity contribution < 1.29 is 14.3 Å². The summed E-state index contributed by atoms with van der Waals surface area (Å²) in [5.74, 6) is 0.189. The molecule has 0 saturated heterocycles. The van der Waals surface area contributed by atoms with Gasteiger partial charge in [-0.2, -0.15) is 0 Å². The third-order valence-electron chi connectivity index (χ3n) is 8.62. The molecule has 0 aromatic rings. The van der Waals surface area contributed by atoms with Crippen molar-refractivity contribution >= 4 is 5.97 Å². The van der Waals surface area contributed by atoms with Crippen LogP contribution in [0.15, 0.2) is 0 Å². The van der Waals surface area contributed by atoms with Gasteiger partial charge in [-0.3, -0.25) is 4.79 Å². The fourth-order valence-corrected chi connectivity index (χ4v) is 5.63. The molecule has 0 saturated carbocycles. The summed E-state index contributed by atoms with van der Waals surface area (Å²) in [4.78, 5) is 17.7. The lowest BCUT2D eigenvalue weighted by Crippen LogP contribution is -2.35. The highest BCUT2D eigenvalue weighted by molar-refractivity contribution is 5.72. The van der Waals surface area contributed by atoms with Crippen molar-refractivity contribution in [1.29, 1.82) is 0 Å². The Kier molecular flexibility index (Phi) is 34.5. The second kappa shape index (κ2) is 35.1. The number of likely N-dealkylation sites (N-methyl/N-ethyl adjacent to an activating group) is 1. The van der Waals surface area contributed by atoms with Crippen LogP contribution in [0.5, 0.6) is 0 Å². The van der Waals surface area contributed by atoms with E-state index in [-0.39, 0.29) is 11.9 Å². The average Bonchev–Trinajstić information content (AvgIpc) is 3.01. The molecule has 7 nitrogen and oxygen atoms in total. The average molecular weight is 627 g/mol. The van der Waals surface area contributed by atoms with Gasteiger partial charge in [0.1, 0.15) is 0 Å². The van der Waals surface area contributed by atoms with Crippen LogP contribution in [0.2, 0.25) is 0 Å². The zero-order chi connectivity index (χ0) is 32.4. The second-order valence-corrected chi connectivity index (χ2v) is 13.2. The molecule has 1 atom stereocenters. The lowest BCUT2D eigenvalue weighted by atomic mass is 9.94. The number of hydrogen-bond donors (Lipinski definition) is 2. The van der Waals surface area contributed by atoms with E-state index >= 15 is 0 Å². The Morgan fingerprint density at radius 3 is 1.80 bits per heavy atom. The lowest BCUT2D eigenvalue weighted by Gasteiger charge is -2.22. The van der Waals surface area contributed by atoms with E-state index in [1.165, 1.54) is 103 Å². The van der Waals surface area contributed by atoms with E-state index in [1.807, 2.05) is 7.05 Å². The first-order valence-corrected chi connectivity index (χ1v) is 19.0. The van der Waals surface area contributed by atoms with Crippen LogP contribution < -0.4 is 10.6 Å². The van der Waals surface area contributed by atoms with Gasteiger partial charge in [0.15, 0.2) is 0 Å². The SMILES string of the molecule is CCCCCCCCC(CCCCCC)C(=O)OCCCCCCN(CCCCCCNC)CCNCCOCCN(C)C. The molecule has 264 valence electrons. The number of nitrogens with zero attached hydrogens (tertiary/aromatic N) is 2. The summed E-state index contributed by atoms with van der Waals surface area (Å²) < 4.78 is 11.5. The Morgan fingerprint density at radius 2 is 1.16 bits per heavy atom. The van der Waals surface area contributed by atoms with Crippen molar-refractivity contribution in [1.82, 2.24) is 20.4 Å². The van der Waals surface area contributed by atoms with Gasteiger partial charge in [0.25, 0.3) is 0 Å². The minimum absolute atomic E-state index is 0.0755. The van der Waals surface area contributed by atoms with Gasteiger partial charge in [-0.15, -0.1) is 0 Å². The number of ether oxygens (including phenoxy) is 2. The minimum Gasteiger partial charge on any atom is -0.465 e. The zero-order valence-corrected chi connectivity index (χ0v) is 30.4. The molecule has 0 spiro atoms. The van der Waals surface area contributed by atoms with Gasteiger partial charge < -0.3 is 29.9 Å². The Hall–Kier alpha value is -0.730. The highest BCUT2D eigenvalue weighted by Crippen LogP contribution is 2.20. The fraction of sp³-hybridized carbons (Fsp3) is 0.973. The summed E-state index contributed by atoms with van der Waals surface area (Å²) in [6.07, 6.45) is 24.4. The molecule has 0 bridgehead atoms. The Balaban J connectivity index is 4.26. The molecule has 0 aliphatic rings. The first kappa shape index (κ1) is 43.3. The zero-order valence-electron chi connectivity index (χ0n) is 30.4. The number of carbonyl (C=O) groups excluding carboxylic acids is 1. The number of unbranched alkanes of at least 4 members (excludes halogenated alkanes) is 14. The minimum atomic E-state index is 0.0755. The van der Waals surface area contributed by atoms with Crippen molar-refractivity contribution in [3.8, 4) is 0 Å². The van der Waals surface area contributed by atoms with Gasteiger partial charge in [0.2, 0.25) is 0 Å². The Morgan fingerprint density at radius 1 is 0.591 bits per heavy atom. The maximum Gasteiger partial charge on any atom is 0.308 e. The van der Waals surface area contributed by atoms with Gasteiger partial charge in [0.05, 0.1) is 25.7 Å². The van der Waals surface area contributed by atoms with Gasteiger partial charge in [-0.1, -0.05) is 104 Å². The van der Waals surface area contributed by atoms with Crippen molar-refractivity contribution in [2.75, 3.05) is 86.8 Å². The Labute approximate surface area is 275 Å². The lowest BCUT2D eigenvalue weighted by molar-refractivity contribution is -0.149. The highest BCUT2D eigenvalue weighted by atomic mass is 16.5. The van der Waals surface area contributed by atoms with E-state index in [0.717, 1.165) is 84.6 Å².